The molecule has 1 amide bonds. The Balaban J connectivity index is 2.41. The van der Waals surface area contributed by atoms with Crippen molar-refractivity contribution in [3.05, 3.63) is 56.7 Å². The normalized spacial score (nSPS) is 15.2. The maximum Gasteiger partial charge on any atom is 0.217 e. The molecule has 0 fully saturated rings. The maximum absolute atomic E-state index is 12.5. The van der Waals surface area contributed by atoms with Crippen molar-refractivity contribution >= 4 is 5.91 Å². The molecule has 0 saturated heterocycles. The highest BCUT2D eigenvalue weighted by Gasteiger charge is 2.28. The molecule has 0 aromatic heterocycles. The second kappa shape index (κ2) is 7.43. The molecule has 1 N–H and O–H groups in total. The monoisotopic (exact) mass is 367 g/mol. The van der Waals surface area contributed by atoms with E-state index >= 15 is 0 Å². The number of hydrogen-bond acceptors (Lipinski definition) is 4. The molecule has 0 saturated carbocycles. The zero-order valence-electron chi connectivity index (χ0n) is 16.4. The molecule has 142 valence electrons. The highest BCUT2D eigenvalue weighted by molar-refractivity contribution is 5.82. The van der Waals surface area contributed by atoms with Gasteiger partial charge >= 0.3 is 0 Å². The van der Waals surface area contributed by atoms with Gasteiger partial charge in [-0.3, -0.25) is 9.59 Å². The summed E-state index contributed by atoms with van der Waals surface area (Å²) in [7, 11) is 3.25. The van der Waals surface area contributed by atoms with E-state index in [9.17, 15) is 9.59 Å². The standard InChI is InChI=1S/C22H25NO4/c1-12-6-8-16-17(11-19(12)25)18(23-14(3)24)9-7-15-10-13(2)21(26-4)22(27-5)20(15)16/h6,8,10-11,18H,7,9H2,1-5H3,(H,23,24)/t18-/m0/s1. The van der Waals surface area contributed by atoms with E-state index in [0.29, 0.717) is 23.5 Å². The number of ether oxygens (including phenoxy) is 2. The minimum absolute atomic E-state index is 0.0481. The third kappa shape index (κ3) is 3.42. The second-order valence-electron chi connectivity index (χ2n) is 6.98. The quantitative estimate of drug-likeness (QED) is 0.902. The first kappa shape index (κ1) is 19.0. The van der Waals surface area contributed by atoms with Crippen LogP contribution in [-0.4, -0.2) is 20.1 Å². The van der Waals surface area contributed by atoms with Crippen molar-refractivity contribution in [2.75, 3.05) is 14.2 Å². The highest BCUT2D eigenvalue weighted by atomic mass is 16.5. The van der Waals surface area contributed by atoms with Crippen LogP contribution in [0.5, 0.6) is 11.5 Å². The van der Waals surface area contributed by atoms with Crippen LogP contribution in [0.2, 0.25) is 0 Å². The van der Waals surface area contributed by atoms with E-state index in [1.165, 1.54) is 6.92 Å². The molecule has 27 heavy (non-hydrogen) atoms. The Morgan fingerprint density at radius 1 is 1.07 bits per heavy atom. The van der Waals surface area contributed by atoms with Crippen LogP contribution in [0.3, 0.4) is 0 Å². The van der Waals surface area contributed by atoms with Gasteiger partial charge in [-0.15, -0.1) is 0 Å². The fraction of sp³-hybridized carbons (Fsp3) is 0.364. The Labute approximate surface area is 159 Å². The first-order chi connectivity index (χ1) is 12.9. The molecule has 1 aliphatic rings. The van der Waals surface area contributed by atoms with E-state index in [1.807, 2.05) is 19.1 Å². The number of nitrogens with one attached hydrogen (secondary N) is 1. The van der Waals surface area contributed by atoms with E-state index in [-0.39, 0.29) is 17.4 Å². The average Bonchev–Trinajstić information content (AvgIpc) is 2.85. The lowest BCUT2D eigenvalue weighted by molar-refractivity contribution is -0.119. The third-order valence-electron chi connectivity index (χ3n) is 5.12. The van der Waals surface area contributed by atoms with Crippen molar-refractivity contribution in [2.24, 2.45) is 0 Å². The summed E-state index contributed by atoms with van der Waals surface area (Å²) in [5, 5.41) is 3.00. The summed E-state index contributed by atoms with van der Waals surface area (Å²) in [4.78, 5) is 24.3. The van der Waals surface area contributed by atoms with Gasteiger partial charge in [0.1, 0.15) is 0 Å². The minimum atomic E-state index is -0.236. The van der Waals surface area contributed by atoms with Crippen molar-refractivity contribution in [1.82, 2.24) is 5.32 Å². The molecule has 0 aliphatic heterocycles. The Morgan fingerprint density at radius 2 is 1.78 bits per heavy atom. The van der Waals surface area contributed by atoms with Crippen LogP contribution >= 0.6 is 0 Å². The molecule has 5 nitrogen and oxygen atoms in total. The Bertz CT molecular complexity index is 965. The predicted octanol–water partition coefficient (Wildman–Crippen LogP) is 3.47. The van der Waals surface area contributed by atoms with Crippen molar-refractivity contribution in [3.8, 4) is 22.6 Å². The van der Waals surface area contributed by atoms with Gasteiger partial charge < -0.3 is 14.8 Å². The lowest BCUT2D eigenvalue weighted by atomic mass is 9.94. The number of fused-ring (bicyclic) bond motifs is 3. The number of benzene rings is 1. The minimum Gasteiger partial charge on any atom is -0.493 e. The number of rotatable bonds is 3. The first-order valence-electron chi connectivity index (χ1n) is 9.04. The van der Waals surface area contributed by atoms with Crippen LogP contribution in [0.25, 0.3) is 11.1 Å². The van der Waals surface area contributed by atoms with Gasteiger partial charge in [0, 0.05) is 12.5 Å². The number of amides is 1. The zero-order valence-corrected chi connectivity index (χ0v) is 16.4. The lowest BCUT2D eigenvalue weighted by Crippen LogP contribution is -2.26. The summed E-state index contributed by atoms with van der Waals surface area (Å²) < 4.78 is 11.3. The summed E-state index contributed by atoms with van der Waals surface area (Å²) in [6.07, 6.45) is 1.46. The topological polar surface area (TPSA) is 64.6 Å². The van der Waals surface area contributed by atoms with Gasteiger partial charge in [0.15, 0.2) is 16.9 Å². The first-order valence-corrected chi connectivity index (χ1v) is 9.04. The molecule has 2 aromatic rings. The van der Waals surface area contributed by atoms with Crippen LogP contribution in [0.15, 0.2) is 29.1 Å². The summed E-state index contributed by atoms with van der Waals surface area (Å²) in [6.45, 7) is 5.28. The number of hydrogen-bond donors (Lipinski definition) is 1. The number of carbonyl (C=O) groups excluding carboxylic acids is 1. The summed E-state index contributed by atoms with van der Waals surface area (Å²) in [5.41, 5.74) is 5.35. The van der Waals surface area contributed by atoms with Gasteiger partial charge in [-0.05, 0) is 60.6 Å². The largest absolute Gasteiger partial charge is 0.493 e. The SMILES string of the molecule is COc1c(C)cc2c(c1OC)-c1ccc(C)c(=O)cc1[C@@H](NC(C)=O)CC2. The van der Waals surface area contributed by atoms with E-state index in [0.717, 1.165) is 34.2 Å². The lowest BCUT2D eigenvalue weighted by Gasteiger charge is -2.19. The second-order valence-corrected chi connectivity index (χ2v) is 6.98. The Morgan fingerprint density at radius 3 is 2.41 bits per heavy atom. The molecule has 5 heteroatoms. The Kier molecular flexibility index (Phi) is 5.22. The van der Waals surface area contributed by atoms with Gasteiger partial charge in [0.2, 0.25) is 5.91 Å². The van der Waals surface area contributed by atoms with E-state index in [4.69, 9.17) is 9.47 Å². The number of carbonyl (C=O) groups is 1. The molecule has 0 spiro atoms. The van der Waals surface area contributed by atoms with Gasteiger partial charge in [-0.25, -0.2) is 0 Å². The summed E-state index contributed by atoms with van der Waals surface area (Å²) in [5.74, 6) is 1.23. The average molecular weight is 367 g/mol. The Hall–Kier alpha value is -2.82. The summed E-state index contributed by atoms with van der Waals surface area (Å²) >= 11 is 0. The van der Waals surface area contributed by atoms with Crippen molar-refractivity contribution in [1.29, 1.82) is 0 Å². The van der Waals surface area contributed by atoms with Gasteiger partial charge in [-0.2, -0.15) is 0 Å². The van der Waals surface area contributed by atoms with Gasteiger partial charge in [-0.1, -0.05) is 18.2 Å². The molecular formula is C22H25NO4. The number of methoxy groups -OCH3 is 2. The molecule has 1 aliphatic carbocycles. The molecule has 0 radical (unpaired) electrons. The predicted molar refractivity (Wildman–Crippen MR) is 106 cm³/mol. The smallest absolute Gasteiger partial charge is 0.217 e. The third-order valence-corrected chi connectivity index (χ3v) is 5.12. The van der Waals surface area contributed by atoms with Gasteiger partial charge in [0.25, 0.3) is 0 Å². The molecular weight excluding hydrogens is 342 g/mol. The molecule has 3 rings (SSSR count). The van der Waals surface area contributed by atoms with Crippen LogP contribution in [-0.2, 0) is 11.2 Å². The van der Waals surface area contributed by atoms with Crippen LogP contribution < -0.4 is 20.2 Å². The van der Waals surface area contributed by atoms with E-state index < -0.39 is 0 Å². The van der Waals surface area contributed by atoms with E-state index in [1.54, 1.807) is 27.2 Å². The van der Waals surface area contributed by atoms with Crippen molar-refractivity contribution in [2.45, 2.75) is 39.7 Å². The molecule has 1 atom stereocenters. The molecule has 0 unspecified atom stereocenters. The maximum atomic E-state index is 12.5. The zero-order chi connectivity index (χ0) is 19.7. The highest BCUT2D eigenvalue weighted by Crippen LogP contribution is 2.47. The molecule has 0 heterocycles. The fourth-order valence-electron chi connectivity index (χ4n) is 3.86. The van der Waals surface area contributed by atoms with Crippen molar-refractivity contribution < 1.29 is 14.3 Å². The van der Waals surface area contributed by atoms with Crippen LogP contribution in [0, 0.1) is 13.8 Å². The van der Waals surface area contributed by atoms with E-state index in [2.05, 4.69) is 11.4 Å². The van der Waals surface area contributed by atoms with Crippen LogP contribution in [0.4, 0.5) is 0 Å². The van der Waals surface area contributed by atoms with Crippen LogP contribution in [0.1, 0.15) is 41.6 Å². The van der Waals surface area contributed by atoms with Crippen molar-refractivity contribution in [3.63, 3.8) is 0 Å². The molecule has 0 bridgehead atoms. The summed E-state index contributed by atoms with van der Waals surface area (Å²) in [6, 6.07) is 7.29. The number of aryl methyl sites for hydroxylation is 3. The molecule has 2 aromatic carbocycles. The fourth-order valence-corrected chi connectivity index (χ4v) is 3.86. The van der Waals surface area contributed by atoms with Gasteiger partial charge in [0.05, 0.1) is 20.3 Å².